The first kappa shape index (κ1) is 16.4. The molecular weight excluding hydrogens is 385 g/mol. The zero-order chi connectivity index (χ0) is 15.0. The normalized spacial score (nSPS) is 10.8. The van der Waals surface area contributed by atoms with Gasteiger partial charge in [-0.3, -0.25) is 0 Å². The first-order valence-corrected chi connectivity index (χ1v) is 7.50. The van der Waals surface area contributed by atoms with Crippen molar-refractivity contribution >= 4 is 69.6 Å². The zero-order valence-corrected chi connectivity index (χ0v) is 14.4. The summed E-state index contributed by atoms with van der Waals surface area (Å²) in [6, 6.07) is 4.91. The third-order valence-electron chi connectivity index (χ3n) is 2.65. The Labute approximate surface area is 146 Å². The number of methoxy groups -OCH3 is 1. The summed E-state index contributed by atoms with van der Waals surface area (Å²) in [5, 5.41) is 1.70. The Morgan fingerprint density at radius 3 is 1.95 bits per heavy atom. The summed E-state index contributed by atoms with van der Waals surface area (Å²) >= 11 is 36.5. The zero-order valence-electron chi connectivity index (χ0n) is 9.91. The third-order valence-corrected chi connectivity index (χ3v) is 5.08. The van der Waals surface area contributed by atoms with Crippen molar-refractivity contribution in [1.29, 1.82) is 0 Å². The second kappa shape index (κ2) is 6.39. The topological polar surface area (TPSA) is 9.23 Å². The van der Waals surface area contributed by atoms with Gasteiger partial charge in [-0.05, 0) is 12.1 Å². The highest BCUT2D eigenvalue weighted by molar-refractivity contribution is 6.50. The van der Waals surface area contributed by atoms with Gasteiger partial charge in [-0.15, -0.1) is 0 Å². The van der Waals surface area contributed by atoms with E-state index < -0.39 is 0 Å². The van der Waals surface area contributed by atoms with Crippen LogP contribution in [0.2, 0.25) is 30.1 Å². The Morgan fingerprint density at radius 2 is 1.35 bits per heavy atom. The highest BCUT2D eigenvalue weighted by Crippen LogP contribution is 2.47. The molecule has 0 aromatic heterocycles. The quantitative estimate of drug-likeness (QED) is 0.386. The first-order valence-electron chi connectivity index (χ1n) is 5.23. The van der Waals surface area contributed by atoms with Gasteiger partial charge in [-0.2, -0.15) is 0 Å². The van der Waals surface area contributed by atoms with Gasteiger partial charge in [0.15, 0.2) is 5.75 Å². The molecule has 0 amide bonds. The van der Waals surface area contributed by atoms with Gasteiger partial charge in [0.25, 0.3) is 0 Å². The third kappa shape index (κ3) is 2.81. The lowest BCUT2D eigenvalue weighted by Crippen LogP contribution is -1.91. The molecule has 0 atom stereocenters. The van der Waals surface area contributed by atoms with E-state index in [9.17, 15) is 0 Å². The van der Waals surface area contributed by atoms with Crippen LogP contribution in [0.5, 0.6) is 5.75 Å². The maximum absolute atomic E-state index is 6.28. The van der Waals surface area contributed by atoms with Gasteiger partial charge in [0.2, 0.25) is 0 Å². The van der Waals surface area contributed by atoms with E-state index in [-0.39, 0.29) is 20.8 Å². The molecule has 0 aliphatic heterocycles. The summed E-state index contributed by atoms with van der Waals surface area (Å²) in [5.74, 6) is 0.276. The molecule has 106 valence electrons. The SMILES string of the molecule is COc1c(Cl)c(Cl)cc(-c2ccc(Cl)c(Cl)c2Cl)c1Cl. The molecule has 0 saturated carbocycles. The predicted octanol–water partition coefficient (Wildman–Crippen LogP) is 7.28. The number of hydrogen-bond acceptors (Lipinski definition) is 1. The highest BCUT2D eigenvalue weighted by atomic mass is 35.5. The molecule has 0 aliphatic carbocycles. The Balaban J connectivity index is 2.77. The smallest absolute Gasteiger partial charge is 0.158 e. The number of benzene rings is 2. The van der Waals surface area contributed by atoms with Crippen LogP contribution >= 0.6 is 69.6 Å². The molecule has 0 saturated heterocycles. The second-order valence-corrected chi connectivity index (χ2v) is 6.12. The van der Waals surface area contributed by atoms with Gasteiger partial charge in [0.05, 0.1) is 32.2 Å². The van der Waals surface area contributed by atoms with E-state index in [0.717, 1.165) is 0 Å². The molecule has 1 nitrogen and oxygen atoms in total. The Morgan fingerprint density at radius 1 is 0.700 bits per heavy atom. The van der Waals surface area contributed by atoms with Crippen molar-refractivity contribution in [3.63, 3.8) is 0 Å². The lowest BCUT2D eigenvalue weighted by Gasteiger charge is -2.14. The van der Waals surface area contributed by atoms with Crippen molar-refractivity contribution in [2.45, 2.75) is 0 Å². The largest absolute Gasteiger partial charge is 0.494 e. The van der Waals surface area contributed by atoms with Crippen molar-refractivity contribution in [3.05, 3.63) is 48.3 Å². The molecule has 0 heterocycles. The van der Waals surface area contributed by atoms with Gasteiger partial charge >= 0.3 is 0 Å². The average Bonchev–Trinajstić information content (AvgIpc) is 2.42. The first-order chi connectivity index (χ1) is 9.38. The molecule has 2 rings (SSSR count). The van der Waals surface area contributed by atoms with Gasteiger partial charge in [-0.1, -0.05) is 75.7 Å². The summed E-state index contributed by atoms with van der Waals surface area (Å²) in [7, 11) is 1.45. The van der Waals surface area contributed by atoms with E-state index in [1.165, 1.54) is 7.11 Å². The van der Waals surface area contributed by atoms with E-state index in [2.05, 4.69) is 0 Å². The molecule has 2 aromatic rings. The van der Waals surface area contributed by atoms with Crippen molar-refractivity contribution < 1.29 is 4.74 Å². The van der Waals surface area contributed by atoms with E-state index in [0.29, 0.717) is 26.2 Å². The molecule has 2 aromatic carbocycles. The summed E-state index contributed by atoms with van der Waals surface area (Å²) in [6.45, 7) is 0. The Hall–Kier alpha value is -0.0200. The van der Waals surface area contributed by atoms with E-state index in [1.807, 2.05) is 0 Å². The van der Waals surface area contributed by atoms with Crippen LogP contribution in [0.4, 0.5) is 0 Å². The molecule has 0 N–H and O–H groups in total. The lowest BCUT2D eigenvalue weighted by molar-refractivity contribution is 0.415. The van der Waals surface area contributed by atoms with Crippen molar-refractivity contribution in [1.82, 2.24) is 0 Å². The Kier molecular flexibility index (Phi) is 5.23. The van der Waals surface area contributed by atoms with Crippen molar-refractivity contribution in [3.8, 4) is 16.9 Å². The van der Waals surface area contributed by atoms with Crippen LogP contribution in [0.1, 0.15) is 0 Å². The minimum atomic E-state index is 0.235. The Bertz CT molecular complexity index is 683. The van der Waals surface area contributed by atoms with Crippen molar-refractivity contribution in [2.75, 3.05) is 7.11 Å². The molecule has 0 unspecified atom stereocenters. The summed E-state index contributed by atoms with van der Waals surface area (Å²) in [6.07, 6.45) is 0. The number of rotatable bonds is 2. The van der Waals surface area contributed by atoms with Gasteiger partial charge in [0.1, 0.15) is 5.02 Å². The van der Waals surface area contributed by atoms with Crippen LogP contribution in [0.3, 0.4) is 0 Å². The number of ether oxygens (including phenoxy) is 1. The van der Waals surface area contributed by atoms with Crippen molar-refractivity contribution in [2.24, 2.45) is 0 Å². The van der Waals surface area contributed by atoms with Gasteiger partial charge in [0, 0.05) is 11.1 Å². The maximum Gasteiger partial charge on any atom is 0.158 e. The fraction of sp³-hybridized carbons (Fsp3) is 0.0769. The fourth-order valence-corrected chi connectivity index (χ4v) is 3.12. The molecule has 0 aliphatic rings. The number of halogens is 6. The summed E-state index contributed by atoms with van der Waals surface area (Å²) in [4.78, 5) is 0. The van der Waals surface area contributed by atoms with Crippen LogP contribution in [0, 0.1) is 0 Å². The second-order valence-electron chi connectivity index (χ2n) is 3.79. The van der Waals surface area contributed by atoms with Crippen LogP contribution in [-0.2, 0) is 0 Å². The van der Waals surface area contributed by atoms with Crippen LogP contribution in [0.15, 0.2) is 18.2 Å². The van der Waals surface area contributed by atoms with Crippen LogP contribution in [-0.4, -0.2) is 7.11 Å². The van der Waals surface area contributed by atoms with Crippen LogP contribution in [0.25, 0.3) is 11.1 Å². The van der Waals surface area contributed by atoms with Crippen LogP contribution < -0.4 is 4.74 Å². The monoisotopic (exact) mass is 388 g/mol. The standard InChI is InChI=1S/C13H6Cl6O/c1-20-13-10(17)6(4-8(15)12(13)19)5-2-3-7(14)11(18)9(5)16/h2-4H,1H3. The summed E-state index contributed by atoms with van der Waals surface area (Å²) in [5.41, 5.74) is 1.14. The van der Waals surface area contributed by atoms with E-state index in [1.54, 1.807) is 18.2 Å². The van der Waals surface area contributed by atoms with E-state index >= 15 is 0 Å². The molecule has 0 spiro atoms. The minimum Gasteiger partial charge on any atom is -0.494 e. The predicted molar refractivity (Wildman–Crippen MR) is 88.5 cm³/mol. The number of hydrogen-bond donors (Lipinski definition) is 0. The van der Waals surface area contributed by atoms with E-state index in [4.69, 9.17) is 74.3 Å². The fourth-order valence-electron chi connectivity index (χ4n) is 1.69. The molecule has 0 bridgehead atoms. The van der Waals surface area contributed by atoms with Gasteiger partial charge < -0.3 is 4.74 Å². The molecular formula is C13H6Cl6O. The average molecular weight is 391 g/mol. The van der Waals surface area contributed by atoms with Gasteiger partial charge in [-0.25, -0.2) is 0 Å². The molecule has 7 heteroatoms. The molecule has 0 radical (unpaired) electrons. The molecule has 0 fully saturated rings. The minimum absolute atomic E-state index is 0.235. The summed E-state index contributed by atoms with van der Waals surface area (Å²) < 4.78 is 5.16. The lowest BCUT2D eigenvalue weighted by atomic mass is 10.1. The maximum atomic E-state index is 6.28. The highest BCUT2D eigenvalue weighted by Gasteiger charge is 2.19. The molecule has 20 heavy (non-hydrogen) atoms.